The highest BCUT2D eigenvalue weighted by atomic mass is 16.3. The van der Waals surface area contributed by atoms with E-state index in [9.17, 15) is 5.11 Å². The summed E-state index contributed by atoms with van der Waals surface area (Å²) in [6.07, 6.45) is 2.21. The lowest BCUT2D eigenvalue weighted by molar-refractivity contribution is 0.475. The van der Waals surface area contributed by atoms with Crippen LogP contribution in [0.15, 0.2) is 60.2 Å². The van der Waals surface area contributed by atoms with Crippen LogP contribution < -0.4 is 0 Å². The Morgan fingerprint density at radius 3 is 2.22 bits per heavy atom. The highest BCUT2D eigenvalue weighted by molar-refractivity contribution is 5.54. The first kappa shape index (κ1) is 12.4. The minimum absolute atomic E-state index is 0.315. The summed E-state index contributed by atoms with van der Waals surface area (Å²) in [5.41, 5.74) is 3.75. The van der Waals surface area contributed by atoms with Gasteiger partial charge in [-0.2, -0.15) is 0 Å². The van der Waals surface area contributed by atoms with Crippen LogP contribution in [0.3, 0.4) is 0 Å². The Labute approximate surface area is 108 Å². The van der Waals surface area contributed by atoms with E-state index in [0.29, 0.717) is 11.7 Å². The van der Waals surface area contributed by atoms with Gasteiger partial charge < -0.3 is 5.11 Å². The molecule has 1 heteroatoms. The molecule has 0 aromatic heterocycles. The normalized spacial score (nSPS) is 13.3. The van der Waals surface area contributed by atoms with E-state index in [1.54, 1.807) is 12.1 Å². The quantitative estimate of drug-likeness (QED) is 0.828. The van der Waals surface area contributed by atoms with E-state index in [2.05, 4.69) is 32.1 Å². The number of benzene rings is 2. The molecule has 0 fully saturated rings. The predicted octanol–water partition coefficient (Wildman–Crippen LogP) is 4.60. The van der Waals surface area contributed by atoms with Crippen LogP contribution in [-0.4, -0.2) is 5.11 Å². The maximum Gasteiger partial charge on any atom is 0.115 e. The summed E-state index contributed by atoms with van der Waals surface area (Å²) in [7, 11) is 0. The van der Waals surface area contributed by atoms with Crippen molar-refractivity contribution >= 4 is 6.08 Å². The Kier molecular flexibility index (Phi) is 3.83. The zero-order valence-corrected chi connectivity index (χ0v) is 10.8. The van der Waals surface area contributed by atoms with Gasteiger partial charge in [-0.3, -0.25) is 0 Å². The van der Waals surface area contributed by atoms with Crippen LogP contribution in [0.25, 0.3) is 6.08 Å². The molecule has 2 aromatic rings. The van der Waals surface area contributed by atoms with Crippen molar-refractivity contribution in [1.29, 1.82) is 0 Å². The third-order valence-electron chi connectivity index (χ3n) is 3.27. The van der Waals surface area contributed by atoms with E-state index in [1.807, 2.05) is 30.3 Å². The van der Waals surface area contributed by atoms with Gasteiger partial charge in [0.25, 0.3) is 0 Å². The van der Waals surface area contributed by atoms with Gasteiger partial charge >= 0.3 is 0 Å². The van der Waals surface area contributed by atoms with Crippen LogP contribution in [-0.2, 0) is 0 Å². The number of aromatic hydroxyl groups is 1. The van der Waals surface area contributed by atoms with E-state index in [-0.39, 0.29) is 0 Å². The van der Waals surface area contributed by atoms with Crippen LogP contribution in [0.5, 0.6) is 5.75 Å². The fraction of sp³-hybridized carbons (Fsp3) is 0.176. The molecule has 0 heterocycles. The fourth-order valence-corrected chi connectivity index (χ4v) is 1.96. The number of hydrogen-bond acceptors (Lipinski definition) is 1. The fourth-order valence-electron chi connectivity index (χ4n) is 1.96. The second-order valence-corrected chi connectivity index (χ2v) is 4.61. The summed E-state index contributed by atoms with van der Waals surface area (Å²) < 4.78 is 0. The summed E-state index contributed by atoms with van der Waals surface area (Å²) >= 11 is 0. The van der Waals surface area contributed by atoms with Gasteiger partial charge in [-0.05, 0) is 30.2 Å². The first-order valence-corrected chi connectivity index (χ1v) is 6.19. The lowest BCUT2D eigenvalue weighted by atomic mass is 9.92. The van der Waals surface area contributed by atoms with Crippen molar-refractivity contribution in [3.8, 4) is 5.75 Å². The van der Waals surface area contributed by atoms with E-state index in [1.165, 1.54) is 16.7 Å². The molecule has 0 saturated carbocycles. The van der Waals surface area contributed by atoms with Crippen LogP contribution >= 0.6 is 0 Å². The maximum absolute atomic E-state index is 9.30. The molecular formula is C17H18O. The molecule has 1 atom stereocenters. The highest BCUT2D eigenvalue weighted by Crippen LogP contribution is 2.26. The van der Waals surface area contributed by atoms with Crippen molar-refractivity contribution in [3.63, 3.8) is 0 Å². The molecule has 0 saturated heterocycles. The van der Waals surface area contributed by atoms with Gasteiger partial charge in [0.2, 0.25) is 0 Å². The van der Waals surface area contributed by atoms with Gasteiger partial charge in [-0.1, -0.05) is 61.0 Å². The smallest absolute Gasteiger partial charge is 0.115 e. The Bertz CT molecular complexity index is 523. The van der Waals surface area contributed by atoms with Crippen LogP contribution in [0, 0.1) is 0 Å². The molecular weight excluding hydrogens is 220 g/mol. The van der Waals surface area contributed by atoms with Crippen LogP contribution in [0.1, 0.15) is 30.9 Å². The second-order valence-electron chi connectivity index (χ2n) is 4.61. The Hall–Kier alpha value is -2.02. The van der Waals surface area contributed by atoms with Crippen molar-refractivity contribution < 1.29 is 5.11 Å². The molecule has 0 aliphatic rings. The second kappa shape index (κ2) is 5.54. The van der Waals surface area contributed by atoms with Gasteiger partial charge in [-0.15, -0.1) is 0 Å². The molecule has 2 aromatic carbocycles. The van der Waals surface area contributed by atoms with E-state index < -0.39 is 0 Å². The summed E-state index contributed by atoms with van der Waals surface area (Å²) in [6.45, 7) is 4.33. The van der Waals surface area contributed by atoms with Gasteiger partial charge in [-0.25, -0.2) is 0 Å². The molecule has 0 aliphatic heterocycles. The zero-order valence-electron chi connectivity index (χ0n) is 10.8. The molecule has 1 unspecified atom stereocenters. The molecule has 0 bridgehead atoms. The average Bonchev–Trinajstić information content (AvgIpc) is 2.40. The topological polar surface area (TPSA) is 20.2 Å². The summed E-state index contributed by atoms with van der Waals surface area (Å²) in [5, 5.41) is 9.30. The first-order valence-electron chi connectivity index (χ1n) is 6.19. The SMILES string of the molecule is CC(=Cc1ccccc1)C(C)c1ccc(O)cc1. The minimum Gasteiger partial charge on any atom is -0.508 e. The standard InChI is InChI=1S/C17H18O/c1-13(12-15-6-4-3-5-7-15)14(2)16-8-10-17(18)11-9-16/h3-12,14,18H,1-2H3. The molecule has 0 spiro atoms. The Morgan fingerprint density at radius 2 is 1.61 bits per heavy atom. The van der Waals surface area contributed by atoms with Gasteiger partial charge in [0, 0.05) is 5.92 Å². The average molecular weight is 238 g/mol. The summed E-state index contributed by atoms with van der Waals surface area (Å²) in [4.78, 5) is 0. The van der Waals surface area contributed by atoms with E-state index in [0.717, 1.165) is 0 Å². The largest absolute Gasteiger partial charge is 0.508 e. The molecule has 18 heavy (non-hydrogen) atoms. The summed E-state index contributed by atoms with van der Waals surface area (Å²) in [5.74, 6) is 0.668. The van der Waals surface area contributed by atoms with Crippen molar-refractivity contribution in [2.75, 3.05) is 0 Å². The molecule has 0 amide bonds. The Balaban J connectivity index is 2.21. The molecule has 0 aliphatic carbocycles. The lowest BCUT2D eigenvalue weighted by Gasteiger charge is -2.13. The third-order valence-corrected chi connectivity index (χ3v) is 3.27. The van der Waals surface area contributed by atoms with Gasteiger partial charge in [0.05, 0.1) is 0 Å². The Morgan fingerprint density at radius 1 is 1.00 bits per heavy atom. The van der Waals surface area contributed by atoms with Crippen molar-refractivity contribution in [1.82, 2.24) is 0 Å². The number of hydrogen-bond donors (Lipinski definition) is 1. The molecule has 0 radical (unpaired) electrons. The van der Waals surface area contributed by atoms with E-state index >= 15 is 0 Å². The van der Waals surface area contributed by atoms with Gasteiger partial charge in [0.1, 0.15) is 5.75 Å². The predicted molar refractivity (Wildman–Crippen MR) is 76.6 cm³/mol. The monoisotopic (exact) mass is 238 g/mol. The number of phenolic OH excluding ortho intramolecular Hbond substituents is 1. The van der Waals surface area contributed by atoms with Gasteiger partial charge in [0.15, 0.2) is 0 Å². The zero-order chi connectivity index (χ0) is 13.0. The van der Waals surface area contributed by atoms with Crippen LogP contribution in [0.4, 0.5) is 0 Å². The first-order chi connectivity index (χ1) is 8.66. The lowest BCUT2D eigenvalue weighted by Crippen LogP contribution is -1.94. The maximum atomic E-state index is 9.30. The number of allylic oxidation sites excluding steroid dienone is 1. The third kappa shape index (κ3) is 3.01. The van der Waals surface area contributed by atoms with E-state index in [4.69, 9.17) is 0 Å². The summed E-state index contributed by atoms with van der Waals surface area (Å²) in [6, 6.07) is 17.7. The highest BCUT2D eigenvalue weighted by Gasteiger charge is 2.07. The van der Waals surface area contributed by atoms with Crippen molar-refractivity contribution in [2.24, 2.45) is 0 Å². The number of phenols is 1. The van der Waals surface area contributed by atoms with Crippen molar-refractivity contribution in [3.05, 3.63) is 71.3 Å². The van der Waals surface area contributed by atoms with Crippen LogP contribution in [0.2, 0.25) is 0 Å². The molecule has 2 rings (SSSR count). The number of rotatable bonds is 3. The molecule has 92 valence electrons. The molecule has 1 nitrogen and oxygen atoms in total. The molecule has 1 N–H and O–H groups in total. The minimum atomic E-state index is 0.315. The van der Waals surface area contributed by atoms with Crippen molar-refractivity contribution in [2.45, 2.75) is 19.8 Å².